The molecule has 142 valence electrons. The molecule has 26 heavy (non-hydrogen) atoms. The molecule has 0 radical (unpaired) electrons. The zero-order valence-electron chi connectivity index (χ0n) is 13.8. The van der Waals surface area contributed by atoms with Gasteiger partial charge >= 0.3 is 6.18 Å². The summed E-state index contributed by atoms with van der Waals surface area (Å²) in [6, 6.07) is 10.7. The number of nitrogens with one attached hydrogen (secondary N) is 2. The molecule has 6 nitrogen and oxygen atoms in total. The lowest BCUT2D eigenvalue weighted by atomic mass is 10.2. The van der Waals surface area contributed by atoms with Crippen LogP contribution in [0.3, 0.4) is 0 Å². The van der Waals surface area contributed by atoms with Gasteiger partial charge in [-0.25, -0.2) is 9.97 Å². The van der Waals surface area contributed by atoms with Crippen molar-refractivity contribution in [3.63, 3.8) is 0 Å². The van der Waals surface area contributed by atoms with Crippen LogP contribution in [-0.4, -0.2) is 35.6 Å². The van der Waals surface area contributed by atoms with Gasteiger partial charge in [-0.2, -0.15) is 13.2 Å². The van der Waals surface area contributed by atoms with E-state index in [0.717, 1.165) is 18.7 Å². The number of hydrogen-bond donors (Lipinski definition) is 3. The average molecular weight is 480 g/mol. The summed E-state index contributed by atoms with van der Waals surface area (Å²) < 4.78 is 37.6. The Hall–Kier alpha value is -2.11. The fraction of sp³-hybridized carbons (Fsp3) is 0.312. The molecule has 4 N–H and O–H groups in total. The Bertz CT molecular complexity index is 694. The lowest BCUT2D eigenvalue weighted by Gasteiger charge is -2.09. The number of halogens is 4. The Balaban J connectivity index is 0.00000338. The van der Waals surface area contributed by atoms with Crippen LogP contribution in [0.1, 0.15) is 11.3 Å². The van der Waals surface area contributed by atoms with Crippen molar-refractivity contribution in [1.29, 1.82) is 0 Å². The molecule has 1 aromatic heterocycles. The van der Waals surface area contributed by atoms with Crippen LogP contribution in [0.5, 0.6) is 0 Å². The van der Waals surface area contributed by atoms with Crippen molar-refractivity contribution in [2.75, 3.05) is 25.0 Å². The van der Waals surface area contributed by atoms with E-state index in [1.54, 1.807) is 0 Å². The summed E-state index contributed by atoms with van der Waals surface area (Å²) in [5.74, 6) is 0.193. The predicted octanol–water partition coefficient (Wildman–Crippen LogP) is 2.67. The van der Waals surface area contributed by atoms with E-state index in [4.69, 9.17) is 5.73 Å². The predicted molar refractivity (Wildman–Crippen MR) is 106 cm³/mol. The van der Waals surface area contributed by atoms with Gasteiger partial charge in [0.05, 0.1) is 0 Å². The number of rotatable bonds is 7. The van der Waals surface area contributed by atoms with Crippen molar-refractivity contribution < 1.29 is 13.2 Å². The second kappa shape index (κ2) is 10.8. The van der Waals surface area contributed by atoms with E-state index < -0.39 is 11.9 Å². The second-order valence-electron chi connectivity index (χ2n) is 5.12. The molecule has 0 aliphatic heterocycles. The van der Waals surface area contributed by atoms with Gasteiger partial charge in [0.1, 0.15) is 5.69 Å². The second-order valence-corrected chi connectivity index (χ2v) is 5.12. The number of aromatic nitrogens is 2. The first kappa shape index (κ1) is 21.9. The van der Waals surface area contributed by atoms with E-state index >= 15 is 0 Å². The highest BCUT2D eigenvalue weighted by Crippen LogP contribution is 2.27. The molecule has 0 atom stereocenters. The molecule has 0 spiro atoms. The van der Waals surface area contributed by atoms with Crippen LogP contribution in [0.4, 0.5) is 19.1 Å². The van der Waals surface area contributed by atoms with Gasteiger partial charge in [-0.3, -0.25) is 4.99 Å². The SMILES string of the molecule is I.NC(=NCCc1ccccc1)NCCNc1nccc(C(F)(F)F)n1. The average Bonchev–Trinajstić information content (AvgIpc) is 2.59. The van der Waals surface area contributed by atoms with Gasteiger partial charge in [-0.15, -0.1) is 24.0 Å². The number of nitrogens with two attached hydrogens (primary N) is 1. The van der Waals surface area contributed by atoms with Crippen LogP contribution < -0.4 is 16.4 Å². The topological polar surface area (TPSA) is 88.2 Å². The van der Waals surface area contributed by atoms with Crippen molar-refractivity contribution in [3.05, 3.63) is 53.9 Å². The third-order valence-electron chi connectivity index (χ3n) is 3.19. The maximum absolute atomic E-state index is 12.5. The van der Waals surface area contributed by atoms with Crippen LogP contribution in [0.2, 0.25) is 0 Å². The van der Waals surface area contributed by atoms with E-state index in [-0.39, 0.29) is 35.9 Å². The zero-order valence-corrected chi connectivity index (χ0v) is 16.2. The lowest BCUT2D eigenvalue weighted by Crippen LogP contribution is -2.35. The maximum Gasteiger partial charge on any atom is 0.433 e. The van der Waals surface area contributed by atoms with E-state index in [0.29, 0.717) is 19.6 Å². The summed E-state index contributed by atoms with van der Waals surface area (Å²) in [6.07, 6.45) is -2.65. The molecule has 0 fully saturated rings. The largest absolute Gasteiger partial charge is 0.433 e. The minimum Gasteiger partial charge on any atom is -0.370 e. The monoisotopic (exact) mass is 480 g/mol. The van der Waals surface area contributed by atoms with Gasteiger partial charge in [0.15, 0.2) is 5.96 Å². The van der Waals surface area contributed by atoms with Crippen LogP contribution in [-0.2, 0) is 12.6 Å². The number of nitrogens with zero attached hydrogens (tertiary/aromatic N) is 3. The Kier molecular flexibility index (Phi) is 9.10. The van der Waals surface area contributed by atoms with Crippen molar-refractivity contribution in [2.24, 2.45) is 10.7 Å². The van der Waals surface area contributed by atoms with E-state index in [2.05, 4.69) is 25.6 Å². The molecule has 0 saturated carbocycles. The van der Waals surface area contributed by atoms with Gasteiger partial charge in [-0.05, 0) is 18.1 Å². The first-order valence-electron chi connectivity index (χ1n) is 7.67. The van der Waals surface area contributed by atoms with Crippen molar-refractivity contribution in [3.8, 4) is 0 Å². The number of hydrogen-bond acceptors (Lipinski definition) is 4. The molecule has 0 unspecified atom stereocenters. The molecule has 0 bridgehead atoms. The summed E-state index contributed by atoms with van der Waals surface area (Å²) >= 11 is 0. The summed E-state index contributed by atoms with van der Waals surface area (Å²) in [4.78, 5) is 11.3. The third kappa shape index (κ3) is 7.85. The normalized spacial score (nSPS) is 11.6. The highest BCUT2D eigenvalue weighted by atomic mass is 127. The number of guanidine groups is 1. The molecule has 1 heterocycles. The Morgan fingerprint density at radius 2 is 1.85 bits per heavy atom. The standard InChI is InChI=1S/C16H19F3N6.HI/c17-16(18,19)13-7-9-23-15(25-13)24-11-10-22-14(20)21-8-6-12-4-2-1-3-5-12;/h1-5,7,9H,6,8,10-11H2,(H3,20,21,22)(H,23,24,25);1H. The molecule has 0 aliphatic rings. The summed E-state index contributed by atoms with van der Waals surface area (Å²) in [7, 11) is 0. The first-order chi connectivity index (χ1) is 11.9. The molecule has 2 rings (SSSR count). The summed E-state index contributed by atoms with van der Waals surface area (Å²) in [5.41, 5.74) is 5.91. The Morgan fingerprint density at radius 1 is 1.12 bits per heavy atom. The minimum absolute atomic E-state index is 0. The highest BCUT2D eigenvalue weighted by molar-refractivity contribution is 14.0. The number of aliphatic imine (C=N–C) groups is 1. The van der Waals surface area contributed by atoms with E-state index in [1.807, 2.05) is 30.3 Å². The molecule has 0 amide bonds. The number of anilines is 1. The highest BCUT2D eigenvalue weighted by Gasteiger charge is 2.32. The van der Waals surface area contributed by atoms with Gasteiger partial charge in [0.25, 0.3) is 0 Å². The molecular formula is C16H20F3IN6. The molecule has 0 aliphatic carbocycles. The fourth-order valence-corrected chi connectivity index (χ4v) is 1.97. The summed E-state index contributed by atoms with van der Waals surface area (Å²) in [5, 5.41) is 5.57. The van der Waals surface area contributed by atoms with Crippen molar-refractivity contribution in [2.45, 2.75) is 12.6 Å². The Labute approximate surface area is 166 Å². The van der Waals surface area contributed by atoms with Crippen molar-refractivity contribution >= 4 is 35.9 Å². The van der Waals surface area contributed by atoms with Gasteiger partial charge in [0.2, 0.25) is 5.95 Å². The molecular weight excluding hydrogens is 460 g/mol. The molecule has 0 saturated heterocycles. The zero-order chi connectivity index (χ0) is 18.1. The lowest BCUT2D eigenvalue weighted by molar-refractivity contribution is -0.141. The van der Waals surface area contributed by atoms with Crippen LogP contribution in [0, 0.1) is 0 Å². The van der Waals surface area contributed by atoms with Crippen molar-refractivity contribution in [1.82, 2.24) is 15.3 Å². The van der Waals surface area contributed by atoms with Gasteiger partial charge in [-0.1, -0.05) is 30.3 Å². The van der Waals surface area contributed by atoms with Gasteiger partial charge in [0, 0.05) is 25.8 Å². The minimum atomic E-state index is -4.49. The molecule has 1 aromatic carbocycles. The number of benzene rings is 1. The van der Waals surface area contributed by atoms with Gasteiger partial charge < -0.3 is 16.4 Å². The third-order valence-corrected chi connectivity index (χ3v) is 3.19. The van der Waals surface area contributed by atoms with Crippen LogP contribution >= 0.6 is 24.0 Å². The molecule has 10 heteroatoms. The summed E-state index contributed by atoms with van der Waals surface area (Å²) in [6.45, 7) is 1.23. The smallest absolute Gasteiger partial charge is 0.370 e. The molecule has 2 aromatic rings. The maximum atomic E-state index is 12.5. The first-order valence-corrected chi connectivity index (χ1v) is 7.67. The quantitative estimate of drug-likeness (QED) is 0.246. The van der Waals surface area contributed by atoms with Crippen LogP contribution in [0.25, 0.3) is 0 Å². The van der Waals surface area contributed by atoms with Crippen LogP contribution in [0.15, 0.2) is 47.6 Å². The van der Waals surface area contributed by atoms with E-state index in [1.165, 1.54) is 5.56 Å². The Morgan fingerprint density at radius 3 is 2.54 bits per heavy atom. The van der Waals surface area contributed by atoms with E-state index in [9.17, 15) is 13.2 Å². The number of alkyl halides is 3. The fourth-order valence-electron chi connectivity index (χ4n) is 1.97.